The van der Waals surface area contributed by atoms with E-state index in [0.29, 0.717) is 11.9 Å². The minimum absolute atomic E-state index is 0.322. The highest BCUT2D eigenvalue weighted by Crippen LogP contribution is 2.37. The molecule has 19 heavy (non-hydrogen) atoms. The number of carbonyl (C=O) groups excluding carboxylic acids is 1. The minimum Gasteiger partial charge on any atom is -0.462 e. The van der Waals surface area contributed by atoms with E-state index in [9.17, 15) is 4.79 Å². The fourth-order valence-electron chi connectivity index (χ4n) is 2.69. The molecule has 0 N–H and O–H groups in total. The fraction of sp³-hybridized carbons (Fsp3) is 0.562. The van der Waals surface area contributed by atoms with Crippen LogP contribution in [0.1, 0.15) is 38.5 Å². The lowest BCUT2D eigenvalue weighted by Gasteiger charge is -2.19. The number of thioether (sulfide) groups is 1. The largest absolute Gasteiger partial charge is 0.462 e. The Bertz CT molecular complexity index is 372. The van der Waals surface area contributed by atoms with Gasteiger partial charge in [0.25, 0.3) is 0 Å². The maximum Gasteiger partial charge on any atom is 0.330 e. The molecule has 104 valence electrons. The number of hydrogen-bond acceptors (Lipinski definition) is 3. The summed E-state index contributed by atoms with van der Waals surface area (Å²) in [4.78, 5) is 11.0. The van der Waals surface area contributed by atoms with Crippen LogP contribution in [0.3, 0.4) is 0 Å². The molecule has 0 heterocycles. The molecule has 0 saturated carbocycles. The zero-order valence-electron chi connectivity index (χ0n) is 11.4. The summed E-state index contributed by atoms with van der Waals surface area (Å²) in [6, 6.07) is 0. The maximum absolute atomic E-state index is 11.0. The van der Waals surface area contributed by atoms with Gasteiger partial charge in [0.05, 0.1) is 0 Å². The first kappa shape index (κ1) is 14.4. The van der Waals surface area contributed by atoms with Crippen molar-refractivity contribution in [2.75, 3.05) is 12.4 Å². The third-order valence-electron chi connectivity index (χ3n) is 3.60. The second-order valence-corrected chi connectivity index (χ2v) is 6.18. The number of rotatable bonds is 7. The molecule has 0 saturated heterocycles. The molecular formula is C16H22O2S. The molecule has 0 radical (unpaired) electrons. The molecule has 0 fully saturated rings. The van der Waals surface area contributed by atoms with Crippen LogP contribution < -0.4 is 0 Å². The van der Waals surface area contributed by atoms with Crippen molar-refractivity contribution in [2.24, 2.45) is 0 Å². The van der Waals surface area contributed by atoms with Crippen LogP contribution in [0.5, 0.6) is 0 Å². The lowest BCUT2D eigenvalue weighted by atomic mass is 10.0. The normalized spacial score (nSPS) is 18.4. The SMILES string of the molecule is C=CC(=O)OCCSC(C1=CCCC1)C1=CCCC1. The van der Waals surface area contributed by atoms with Gasteiger partial charge in [0.15, 0.2) is 0 Å². The molecule has 0 spiro atoms. The third-order valence-corrected chi connectivity index (χ3v) is 4.95. The number of esters is 1. The molecule has 2 nitrogen and oxygen atoms in total. The Morgan fingerprint density at radius 3 is 2.42 bits per heavy atom. The number of carbonyl (C=O) groups is 1. The van der Waals surface area contributed by atoms with Crippen LogP contribution in [-0.4, -0.2) is 23.6 Å². The summed E-state index contributed by atoms with van der Waals surface area (Å²) in [5, 5.41) is 0.535. The van der Waals surface area contributed by atoms with E-state index in [-0.39, 0.29) is 5.97 Å². The zero-order valence-corrected chi connectivity index (χ0v) is 12.2. The Hall–Kier alpha value is -0.960. The summed E-state index contributed by atoms with van der Waals surface area (Å²) < 4.78 is 5.05. The van der Waals surface area contributed by atoms with Gasteiger partial charge in [0.2, 0.25) is 0 Å². The number of hydrogen-bond donors (Lipinski definition) is 0. The van der Waals surface area contributed by atoms with Crippen molar-refractivity contribution >= 4 is 17.7 Å². The van der Waals surface area contributed by atoms with Crippen LogP contribution >= 0.6 is 11.8 Å². The molecule has 0 atom stereocenters. The first-order valence-electron chi connectivity index (χ1n) is 7.10. The second kappa shape index (κ2) is 7.59. The Labute approximate surface area is 120 Å². The molecule has 0 unspecified atom stereocenters. The Morgan fingerprint density at radius 1 is 1.32 bits per heavy atom. The van der Waals surface area contributed by atoms with Crippen molar-refractivity contribution in [1.29, 1.82) is 0 Å². The van der Waals surface area contributed by atoms with E-state index in [0.717, 1.165) is 5.75 Å². The smallest absolute Gasteiger partial charge is 0.330 e. The van der Waals surface area contributed by atoms with E-state index in [4.69, 9.17) is 4.74 Å². The molecule has 2 aliphatic rings. The fourth-order valence-corrected chi connectivity index (χ4v) is 3.96. The van der Waals surface area contributed by atoms with Crippen LogP contribution in [-0.2, 0) is 9.53 Å². The van der Waals surface area contributed by atoms with Crippen molar-refractivity contribution in [3.63, 3.8) is 0 Å². The van der Waals surface area contributed by atoms with Crippen LogP contribution in [0.2, 0.25) is 0 Å². The first-order valence-corrected chi connectivity index (χ1v) is 8.15. The maximum atomic E-state index is 11.0. The molecule has 0 aromatic rings. The van der Waals surface area contributed by atoms with Gasteiger partial charge in [0.1, 0.15) is 6.61 Å². The lowest BCUT2D eigenvalue weighted by molar-refractivity contribution is -0.137. The van der Waals surface area contributed by atoms with Gasteiger partial charge in [-0.2, -0.15) is 0 Å². The molecule has 0 aliphatic heterocycles. The van der Waals surface area contributed by atoms with E-state index in [1.165, 1.54) is 44.6 Å². The van der Waals surface area contributed by atoms with E-state index in [1.54, 1.807) is 11.1 Å². The van der Waals surface area contributed by atoms with Crippen LogP contribution in [0.25, 0.3) is 0 Å². The molecular weight excluding hydrogens is 256 g/mol. The van der Waals surface area contributed by atoms with E-state index < -0.39 is 0 Å². The van der Waals surface area contributed by atoms with Crippen LogP contribution in [0.15, 0.2) is 36.0 Å². The Morgan fingerprint density at radius 2 is 1.95 bits per heavy atom. The van der Waals surface area contributed by atoms with Crippen molar-refractivity contribution in [1.82, 2.24) is 0 Å². The van der Waals surface area contributed by atoms with Crippen molar-refractivity contribution in [3.05, 3.63) is 36.0 Å². The quantitative estimate of drug-likeness (QED) is 0.304. The molecule has 0 aromatic heterocycles. The van der Waals surface area contributed by atoms with Gasteiger partial charge < -0.3 is 4.74 Å². The summed E-state index contributed by atoms with van der Waals surface area (Å²) in [5.41, 5.74) is 3.18. The standard InChI is InChI=1S/C16H22O2S/c1-2-15(17)18-11-12-19-16(13-7-3-4-8-13)14-9-5-6-10-14/h2,7,9,16H,1,3-6,8,10-12H2. The average molecular weight is 278 g/mol. The van der Waals surface area contributed by atoms with Crippen molar-refractivity contribution in [3.8, 4) is 0 Å². The monoisotopic (exact) mass is 278 g/mol. The highest BCUT2D eigenvalue weighted by molar-refractivity contribution is 8.00. The predicted octanol–water partition coefficient (Wildman–Crippen LogP) is 4.04. The van der Waals surface area contributed by atoms with E-state index >= 15 is 0 Å². The van der Waals surface area contributed by atoms with Gasteiger partial charge in [-0.05, 0) is 38.5 Å². The van der Waals surface area contributed by atoms with Gasteiger partial charge in [-0.25, -0.2) is 4.79 Å². The number of allylic oxidation sites excluding steroid dienone is 2. The average Bonchev–Trinajstić information content (AvgIpc) is 3.11. The van der Waals surface area contributed by atoms with Gasteiger partial charge >= 0.3 is 5.97 Å². The summed E-state index contributed by atoms with van der Waals surface area (Å²) in [6.45, 7) is 3.88. The minimum atomic E-state index is -0.322. The predicted molar refractivity (Wildman–Crippen MR) is 81.3 cm³/mol. The lowest BCUT2D eigenvalue weighted by Crippen LogP contribution is -2.12. The topological polar surface area (TPSA) is 26.3 Å². The summed E-state index contributed by atoms with van der Waals surface area (Å²) >= 11 is 1.92. The van der Waals surface area contributed by atoms with E-state index in [1.807, 2.05) is 11.8 Å². The second-order valence-electron chi connectivity index (χ2n) is 4.96. The van der Waals surface area contributed by atoms with Gasteiger partial charge in [-0.1, -0.05) is 29.9 Å². The molecule has 2 aliphatic carbocycles. The highest BCUT2D eigenvalue weighted by atomic mass is 32.2. The van der Waals surface area contributed by atoms with Gasteiger partial charge in [-0.3, -0.25) is 0 Å². The van der Waals surface area contributed by atoms with Gasteiger partial charge in [0, 0.05) is 17.1 Å². The molecule has 0 amide bonds. The number of ether oxygens (including phenoxy) is 1. The van der Waals surface area contributed by atoms with Crippen LogP contribution in [0.4, 0.5) is 0 Å². The third kappa shape index (κ3) is 4.27. The van der Waals surface area contributed by atoms with Crippen molar-refractivity contribution in [2.45, 2.75) is 43.8 Å². The van der Waals surface area contributed by atoms with Gasteiger partial charge in [-0.15, -0.1) is 11.8 Å². The molecule has 0 aromatic carbocycles. The summed E-state index contributed by atoms with van der Waals surface area (Å²) in [6.07, 6.45) is 13.6. The summed E-state index contributed by atoms with van der Waals surface area (Å²) in [5.74, 6) is 0.538. The zero-order chi connectivity index (χ0) is 13.5. The Kier molecular flexibility index (Phi) is 5.77. The molecule has 0 bridgehead atoms. The van der Waals surface area contributed by atoms with Crippen molar-refractivity contribution < 1.29 is 9.53 Å². The first-order chi connectivity index (χ1) is 9.31. The highest BCUT2D eigenvalue weighted by Gasteiger charge is 2.23. The summed E-state index contributed by atoms with van der Waals surface area (Å²) in [7, 11) is 0. The van der Waals surface area contributed by atoms with E-state index in [2.05, 4.69) is 18.7 Å². The van der Waals surface area contributed by atoms with Crippen LogP contribution in [0, 0.1) is 0 Å². The molecule has 2 rings (SSSR count). The molecule has 3 heteroatoms. The Balaban J connectivity index is 1.84.